The molecule has 2 aromatic carbocycles. The van der Waals surface area contributed by atoms with E-state index in [1.165, 1.54) is 11.9 Å². The van der Waals surface area contributed by atoms with Gasteiger partial charge >= 0.3 is 0 Å². The lowest BCUT2D eigenvalue weighted by molar-refractivity contribution is 0.0649. The third-order valence-corrected chi connectivity index (χ3v) is 7.43. The van der Waals surface area contributed by atoms with Crippen LogP contribution in [0.3, 0.4) is 0 Å². The average molecular weight is 530 g/mol. The highest BCUT2D eigenvalue weighted by atomic mass is 19.1. The number of amides is 1. The Hall–Kier alpha value is -4.02. The number of benzene rings is 2. The minimum absolute atomic E-state index is 0.00271. The van der Waals surface area contributed by atoms with Crippen LogP contribution in [0.25, 0.3) is 10.9 Å². The number of rotatable bonds is 7. The molecular formula is C29H32FN7O2. The van der Waals surface area contributed by atoms with Crippen molar-refractivity contribution in [3.8, 4) is 11.6 Å². The number of likely N-dealkylation sites (tertiary alicyclic amines) is 1. The topological polar surface area (TPSA) is 89.6 Å². The summed E-state index contributed by atoms with van der Waals surface area (Å²) in [5, 5.41) is 3.69. The van der Waals surface area contributed by atoms with Gasteiger partial charge in [-0.3, -0.25) is 9.69 Å². The predicted molar refractivity (Wildman–Crippen MR) is 148 cm³/mol. The summed E-state index contributed by atoms with van der Waals surface area (Å²) >= 11 is 0. The highest BCUT2D eigenvalue weighted by molar-refractivity contribution is 6.02. The van der Waals surface area contributed by atoms with Crippen molar-refractivity contribution >= 4 is 28.3 Å². The zero-order valence-electron chi connectivity index (χ0n) is 22.2. The van der Waals surface area contributed by atoms with Crippen LogP contribution in [0.4, 0.5) is 15.9 Å². The van der Waals surface area contributed by atoms with E-state index in [1.54, 1.807) is 23.1 Å². The van der Waals surface area contributed by atoms with Crippen molar-refractivity contribution in [3.05, 3.63) is 71.4 Å². The molecule has 0 atom stereocenters. The standard InChI is InChI=1S/C29H32FN7O2/c1-19-16-22-23(33-19)8-9-24(26(22)30)39-28-25(29(38)37-10-3-11-37)27(31-18-32-28)34-21-6-4-20(5-7-21)17-36-14-12-35(2)13-15-36/h4-9,16,18,33H,3,10-15,17H2,1-2H3,(H,31,32,34). The maximum absolute atomic E-state index is 15.3. The van der Waals surface area contributed by atoms with Gasteiger partial charge in [0.05, 0.1) is 0 Å². The lowest BCUT2D eigenvalue weighted by Crippen LogP contribution is -2.43. The number of H-pyrrole nitrogens is 1. The van der Waals surface area contributed by atoms with E-state index in [0.717, 1.165) is 50.5 Å². The minimum atomic E-state index is -0.511. The number of nitrogens with zero attached hydrogens (tertiary/aromatic N) is 5. The second kappa shape index (κ2) is 10.6. The van der Waals surface area contributed by atoms with Crippen LogP contribution in [0.2, 0.25) is 0 Å². The monoisotopic (exact) mass is 529 g/mol. The number of likely N-dealkylation sites (N-methyl/N-ethyl adjacent to an activating group) is 1. The number of fused-ring (bicyclic) bond motifs is 1. The SMILES string of the molecule is Cc1cc2c(F)c(Oc3ncnc(Nc4ccc(CN5CCN(C)CC5)cc4)c3C(=O)N3CCC3)ccc2[nH]1. The van der Waals surface area contributed by atoms with Crippen LogP contribution < -0.4 is 10.1 Å². The number of anilines is 2. The molecule has 2 saturated heterocycles. The number of aromatic amines is 1. The van der Waals surface area contributed by atoms with Gasteiger partial charge in [-0.15, -0.1) is 0 Å². The van der Waals surface area contributed by atoms with Gasteiger partial charge in [0, 0.05) is 68.1 Å². The summed E-state index contributed by atoms with van der Waals surface area (Å²) in [5.41, 5.74) is 3.71. The van der Waals surface area contributed by atoms with Crippen molar-refractivity contribution < 1.29 is 13.9 Å². The van der Waals surface area contributed by atoms with Gasteiger partial charge in [0.2, 0.25) is 5.88 Å². The summed E-state index contributed by atoms with van der Waals surface area (Å²) in [5.74, 6) is -0.422. The Labute approximate surface area is 226 Å². The van der Waals surface area contributed by atoms with E-state index in [0.29, 0.717) is 29.8 Å². The first kappa shape index (κ1) is 25.3. The molecule has 0 aliphatic carbocycles. The third kappa shape index (κ3) is 5.30. The molecule has 2 fully saturated rings. The number of piperazine rings is 1. The summed E-state index contributed by atoms with van der Waals surface area (Å²) in [6, 6.07) is 13.1. The number of aryl methyl sites for hydroxylation is 1. The van der Waals surface area contributed by atoms with Gasteiger partial charge in [0.1, 0.15) is 11.9 Å². The van der Waals surface area contributed by atoms with E-state index < -0.39 is 5.82 Å². The Morgan fingerprint density at radius 3 is 2.54 bits per heavy atom. The van der Waals surface area contributed by atoms with Crippen LogP contribution in [0.1, 0.15) is 28.0 Å². The van der Waals surface area contributed by atoms with Gasteiger partial charge in [-0.25, -0.2) is 14.4 Å². The number of nitrogens with one attached hydrogen (secondary N) is 2. The first-order valence-electron chi connectivity index (χ1n) is 13.3. The number of hydrogen-bond acceptors (Lipinski definition) is 7. The Balaban J connectivity index is 1.26. The fourth-order valence-corrected chi connectivity index (χ4v) is 4.98. The van der Waals surface area contributed by atoms with Gasteiger partial charge in [0.25, 0.3) is 5.91 Å². The van der Waals surface area contributed by atoms with Crippen LogP contribution in [0.15, 0.2) is 48.8 Å². The van der Waals surface area contributed by atoms with E-state index in [-0.39, 0.29) is 23.1 Å². The van der Waals surface area contributed by atoms with Gasteiger partial charge in [0.15, 0.2) is 17.4 Å². The molecule has 2 aliphatic heterocycles. The van der Waals surface area contributed by atoms with Gasteiger partial charge in [-0.05, 0) is 56.3 Å². The maximum Gasteiger partial charge on any atom is 0.263 e. The zero-order chi connectivity index (χ0) is 26.9. The molecule has 0 radical (unpaired) electrons. The quantitative estimate of drug-likeness (QED) is 0.364. The minimum Gasteiger partial charge on any atom is -0.435 e. The van der Waals surface area contributed by atoms with Crippen LogP contribution in [0, 0.1) is 12.7 Å². The molecule has 10 heteroatoms. The summed E-state index contributed by atoms with van der Waals surface area (Å²) in [7, 11) is 2.15. The molecule has 0 bridgehead atoms. The third-order valence-electron chi connectivity index (χ3n) is 7.43. The molecule has 0 unspecified atom stereocenters. The Morgan fingerprint density at radius 1 is 1.05 bits per heavy atom. The molecule has 1 amide bonds. The van der Waals surface area contributed by atoms with Crippen molar-refractivity contribution in [3.63, 3.8) is 0 Å². The van der Waals surface area contributed by atoms with E-state index in [9.17, 15) is 4.79 Å². The van der Waals surface area contributed by atoms with Crippen molar-refractivity contribution in [2.24, 2.45) is 0 Å². The van der Waals surface area contributed by atoms with Gasteiger partial charge in [-0.2, -0.15) is 0 Å². The second-order valence-electron chi connectivity index (χ2n) is 10.3. The molecule has 2 aromatic heterocycles. The Kier molecular flexibility index (Phi) is 6.88. The van der Waals surface area contributed by atoms with Crippen molar-refractivity contribution in [2.75, 3.05) is 51.6 Å². The summed E-state index contributed by atoms with van der Waals surface area (Å²) in [6.07, 6.45) is 2.26. The normalized spacial score (nSPS) is 16.3. The molecule has 0 spiro atoms. The Bertz CT molecular complexity index is 1490. The highest BCUT2D eigenvalue weighted by Crippen LogP contribution is 2.34. The highest BCUT2D eigenvalue weighted by Gasteiger charge is 2.30. The lowest BCUT2D eigenvalue weighted by atomic mass is 10.1. The number of ether oxygens (including phenoxy) is 1. The number of carbonyl (C=O) groups excluding carboxylic acids is 1. The van der Waals surface area contributed by atoms with Crippen LogP contribution in [-0.2, 0) is 6.54 Å². The second-order valence-corrected chi connectivity index (χ2v) is 10.3. The first-order valence-corrected chi connectivity index (χ1v) is 13.3. The lowest BCUT2D eigenvalue weighted by Gasteiger charge is -2.32. The van der Waals surface area contributed by atoms with Gasteiger partial charge in [-0.1, -0.05) is 12.1 Å². The zero-order valence-corrected chi connectivity index (χ0v) is 22.2. The molecule has 2 N–H and O–H groups in total. The van der Waals surface area contributed by atoms with Crippen molar-refractivity contribution in [1.29, 1.82) is 0 Å². The van der Waals surface area contributed by atoms with Gasteiger partial charge < -0.3 is 24.8 Å². The van der Waals surface area contributed by atoms with E-state index in [4.69, 9.17) is 4.74 Å². The largest absolute Gasteiger partial charge is 0.435 e. The fraction of sp³-hybridized carbons (Fsp3) is 0.345. The number of hydrogen-bond donors (Lipinski definition) is 2. The van der Waals surface area contributed by atoms with Crippen LogP contribution in [0.5, 0.6) is 11.6 Å². The van der Waals surface area contributed by atoms with E-state index >= 15 is 4.39 Å². The fourth-order valence-electron chi connectivity index (χ4n) is 4.98. The molecule has 9 nitrogen and oxygen atoms in total. The molecular weight excluding hydrogens is 497 g/mol. The molecule has 0 saturated carbocycles. The summed E-state index contributed by atoms with van der Waals surface area (Å²) in [6.45, 7) is 8.33. The molecule has 202 valence electrons. The number of aromatic nitrogens is 3. The summed E-state index contributed by atoms with van der Waals surface area (Å²) in [4.78, 5) is 31.7. The van der Waals surface area contributed by atoms with Crippen molar-refractivity contribution in [1.82, 2.24) is 29.7 Å². The number of carbonyl (C=O) groups is 1. The van der Waals surface area contributed by atoms with Crippen molar-refractivity contribution in [2.45, 2.75) is 19.9 Å². The molecule has 4 aromatic rings. The predicted octanol–water partition coefficient (Wildman–Crippen LogP) is 4.53. The number of halogens is 1. The van der Waals surface area contributed by atoms with E-state index in [2.05, 4.69) is 49.2 Å². The van der Waals surface area contributed by atoms with E-state index in [1.807, 2.05) is 19.1 Å². The Morgan fingerprint density at radius 2 is 1.82 bits per heavy atom. The molecule has 2 aliphatic rings. The first-order chi connectivity index (χ1) is 18.9. The maximum atomic E-state index is 15.3. The summed E-state index contributed by atoms with van der Waals surface area (Å²) < 4.78 is 21.3. The van der Waals surface area contributed by atoms with Crippen LogP contribution >= 0.6 is 0 Å². The smallest absolute Gasteiger partial charge is 0.263 e. The molecule has 6 rings (SSSR count). The molecule has 39 heavy (non-hydrogen) atoms. The average Bonchev–Trinajstić information content (AvgIpc) is 3.28. The molecule has 4 heterocycles. The van der Waals surface area contributed by atoms with Crippen LogP contribution in [-0.4, -0.2) is 81.9 Å².